The maximum absolute atomic E-state index is 13.1. The molecule has 0 bridgehead atoms. The highest BCUT2D eigenvalue weighted by Crippen LogP contribution is 2.46. The van der Waals surface area contributed by atoms with Crippen molar-refractivity contribution in [2.75, 3.05) is 4.90 Å². The number of hydrogen-bond acceptors (Lipinski definition) is 1. The van der Waals surface area contributed by atoms with E-state index in [-0.39, 0.29) is 6.04 Å². The van der Waals surface area contributed by atoms with Gasteiger partial charge in [0.25, 0.3) is 0 Å². The summed E-state index contributed by atoms with van der Waals surface area (Å²) in [6.07, 6.45) is -0.401. The van der Waals surface area contributed by atoms with E-state index in [0.29, 0.717) is 0 Å². The molecule has 1 aliphatic heterocycles. The van der Waals surface area contributed by atoms with Gasteiger partial charge in [0.15, 0.2) is 0 Å². The Bertz CT molecular complexity index is 921. The molecule has 1 atom stereocenters. The lowest BCUT2D eigenvalue weighted by Gasteiger charge is -2.43. The van der Waals surface area contributed by atoms with E-state index in [1.54, 1.807) is 12.1 Å². The number of nitrogens with zero attached hydrogens (tertiary/aromatic N) is 1. The number of benzene rings is 2. The molecule has 1 nitrogen and oxygen atoms in total. The van der Waals surface area contributed by atoms with E-state index in [9.17, 15) is 13.2 Å². The first-order valence-corrected chi connectivity index (χ1v) is 10.7. The smallest absolute Gasteiger partial charge is 0.334 e. The van der Waals surface area contributed by atoms with Crippen molar-refractivity contribution in [1.82, 2.24) is 0 Å². The van der Waals surface area contributed by atoms with Crippen LogP contribution >= 0.6 is 0 Å². The highest BCUT2D eigenvalue weighted by molar-refractivity contribution is 5.64. The first-order chi connectivity index (χ1) is 14.3. The van der Waals surface area contributed by atoms with Gasteiger partial charge in [0.05, 0.1) is 11.6 Å². The monoisotopic (exact) mass is 413 g/mol. The minimum atomic E-state index is -4.33. The summed E-state index contributed by atoms with van der Waals surface area (Å²) >= 11 is 0. The lowest BCUT2D eigenvalue weighted by molar-refractivity contribution is -0.137. The standard InChI is InChI=1S/C26H30F3N/c1-5-10-23-18(3)24(11-6-2)30(22-16-14-21(15-17-22)26(27,28)29)25(19(23)4)20-12-8-7-9-13-20/h7-9,12-17,25H,5-6,10-11H2,1-4H3. The van der Waals surface area contributed by atoms with Crippen LogP contribution < -0.4 is 4.90 Å². The van der Waals surface area contributed by atoms with Gasteiger partial charge in [0.1, 0.15) is 0 Å². The molecule has 0 aliphatic carbocycles. The van der Waals surface area contributed by atoms with Crippen LogP contribution in [0.25, 0.3) is 0 Å². The zero-order chi connectivity index (χ0) is 21.9. The number of hydrogen-bond donors (Lipinski definition) is 0. The van der Waals surface area contributed by atoms with Gasteiger partial charge < -0.3 is 4.90 Å². The number of rotatable bonds is 6. The Hall–Kier alpha value is -2.49. The highest BCUT2D eigenvalue weighted by Gasteiger charge is 2.34. The molecule has 2 aromatic carbocycles. The molecule has 30 heavy (non-hydrogen) atoms. The summed E-state index contributed by atoms with van der Waals surface area (Å²) < 4.78 is 39.4. The molecular formula is C26H30F3N. The summed E-state index contributed by atoms with van der Waals surface area (Å²) in [5, 5.41) is 0. The fraction of sp³-hybridized carbons (Fsp3) is 0.385. The first-order valence-electron chi connectivity index (χ1n) is 10.7. The number of halogens is 3. The topological polar surface area (TPSA) is 3.24 Å². The Morgan fingerprint density at radius 1 is 0.833 bits per heavy atom. The molecule has 3 rings (SSSR count). The van der Waals surface area contributed by atoms with Crippen molar-refractivity contribution < 1.29 is 13.2 Å². The normalized spacial score (nSPS) is 17.7. The van der Waals surface area contributed by atoms with Gasteiger partial charge in [-0.15, -0.1) is 0 Å². The van der Waals surface area contributed by atoms with Crippen molar-refractivity contribution in [3.8, 4) is 0 Å². The molecule has 0 fully saturated rings. The minimum absolute atomic E-state index is 0.0188. The zero-order valence-electron chi connectivity index (χ0n) is 18.2. The van der Waals surface area contributed by atoms with E-state index in [2.05, 4.69) is 44.7 Å². The summed E-state index contributed by atoms with van der Waals surface area (Å²) in [5.74, 6) is 0. The van der Waals surface area contributed by atoms with Crippen molar-refractivity contribution in [1.29, 1.82) is 0 Å². The summed E-state index contributed by atoms with van der Waals surface area (Å²) in [6.45, 7) is 8.67. The molecule has 1 unspecified atom stereocenters. The number of anilines is 1. The van der Waals surface area contributed by atoms with Gasteiger partial charge in [-0.2, -0.15) is 13.2 Å². The van der Waals surface area contributed by atoms with Gasteiger partial charge in [-0.25, -0.2) is 0 Å². The van der Waals surface area contributed by atoms with Crippen molar-refractivity contribution in [3.63, 3.8) is 0 Å². The third-order valence-electron chi connectivity index (χ3n) is 5.90. The molecular weight excluding hydrogens is 383 g/mol. The second-order valence-corrected chi connectivity index (χ2v) is 7.96. The Morgan fingerprint density at radius 3 is 1.97 bits per heavy atom. The first kappa shape index (κ1) is 22.2. The van der Waals surface area contributed by atoms with Crippen LogP contribution in [0.1, 0.15) is 70.5 Å². The molecule has 1 aliphatic rings. The average molecular weight is 414 g/mol. The van der Waals surface area contributed by atoms with Crippen LogP contribution in [0.15, 0.2) is 77.0 Å². The van der Waals surface area contributed by atoms with Crippen LogP contribution in [-0.4, -0.2) is 0 Å². The molecule has 0 N–H and O–H groups in total. The van der Waals surface area contributed by atoms with E-state index in [0.717, 1.165) is 36.9 Å². The molecule has 4 heteroatoms. The van der Waals surface area contributed by atoms with Crippen LogP contribution in [0.4, 0.5) is 18.9 Å². The van der Waals surface area contributed by atoms with E-state index in [1.165, 1.54) is 34.5 Å². The molecule has 0 amide bonds. The molecule has 1 heterocycles. The molecule has 0 saturated heterocycles. The SMILES string of the molecule is CCCC1=C(C)C(c2ccccc2)N(c2ccc(C(F)(F)F)cc2)C(CCC)=C1C. The average Bonchev–Trinajstić information content (AvgIpc) is 2.73. The van der Waals surface area contributed by atoms with Gasteiger partial charge in [-0.05, 0) is 73.2 Å². The summed E-state index contributed by atoms with van der Waals surface area (Å²) in [5.41, 5.74) is 6.48. The Labute approximate surface area is 177 Å². The predicted molar refractivity (Wildman–Crippen MR) is 118 cm³/mol. The minimum Gasteiger partial charge on any atom is -0.334 e. The zero-order valence-corrected chi connectivity index (χ0v) is 18.2. The van der Waals surface area contributed by atoms with Gasteiger partial charge in [0, 0.05) is 11.4 Å². The van der Waals surface area contributed by atoms with Crippen LogP contribution in [0, 0.1) is 0 Å². The largest absolute Gasteiger partial charge is 0.416 e. The Morgan fingerprint density at radius 2 is 1.43 bits per heavy atom. The maximum Gasteiger partial charge on any atom is 0.416 e. The lowest BCUT2D eigenvalue weighted by atomic mass is 9.83. The third kappa shape index (κ3) is 4.33. The summed E-state index contributed by atoms with van der Waals surface area (Å²) in [7, 11) is 0. The molecule has 0 aromatic heterocycles. The van der Waals surface area contributed by atoms with Crippen LogP contribution in [0.3, 0.4) is 0 Å². The van der Waals surface area contributed by atoms with E-state index < -0.39 is 11.7 Å². The van der Waals surface area contributed by atoms with Gasteiger partial charge in [0.2, 0.25) is 0 Å². The van der Waals surface area contributed by atoms with Crippen LogP contribution in [0.5, 0.6) is 0 Å². The lowest BCUT2D eigenvalue weighted by Crippen LogP contribution is -2.34. The van der Waals surface area contributed by atoms with Crippen molar-refractivity contribution in [3.05, 3.63) is 88.1 Å². The van der Waals surface area contributed by atoms with Gasteiger partial charge in [-0.3, -0.25) is 0 Å². The summed E-state index contributed by atoms with van der Waals surface area (Å²) in [4.78, 5) is 2.25. The highest BCUT2D eigenvalue weighted by atomic mass is 19.4. The Balaban J connectivity index is 2.20. The van der Waals surface area contributed by atoms with Gasteiger partial charge >= 0.3 is 6.18 Å². The Kier molecular flexibility index (Phi) is 6.74. The molecule has 2 aromatic rings. The molecule has 160 valence electrons. The summed E-state index contributed by atoms with van der Waals surface area (Å²) in [6, 6.07) is 15.9. The molecule has 0 saturated carbocycles. The quantitative estimate of drug-likeness (QED) is 0.459. The fourth-order valence-corrected chi connectivity index (χ4v) is 4.49. The molecule has 0 radical (unpaired) electrons. The van der Waals surface area contributed by atoms with Crippen molar-refractivity contribution in [2.45, 2.75) is 65.6 Å². The van der Waals surface area contributed by atoms with E-state index >= 15 is 0 Å². The van der Waals surface area contributed by atoms with Crippen molar-refractivity contribution in [2.24, 2.45) is 0 Å². The van der Waals surface area contributed by atoms with Crippen molar-refractivity contribution >= 4 is 5.69 Å². The predicted octanol–water partition coefficient (Wildman–Crippen LogP) is 8.46. The second-order valence-electron chi connectivity index (χ2n) is 7.96. The van der Waals surface area contributed by atoms with E-state index in [4.69, 9.17) is 0 Å². The number of alkyl halides is 3. The van der Waals surface area contributed by atoms with Gasteiger partial charge in [-0.1, -0.05) is 57.0 Å². The fourth-order valence-electron chi connectivity index (χ4n) is 4.49. The molecule has 0 spiro atoms. The van der Waals surface area contributed by atoms with E-state index in [1.807, 2.05) is 18.2 Å². The number of allylic oxidation sites excluding steroid dienone is 3. The maximum atomic E-state index is 13.1. The van der Waals surface area contributed by atoms with Crippen LogP contribution in [0.2, 0.25) is 0 Å². The van der Waals surface area contributed by atoms with Crippen LogP contribution in [-0.2, 0) is 6.18 Å². The second kappa shape index (κ2) is 9.11. The third-order valence-corrected chi connectivity index (χ3v) is 5.90.